The zero-order chi connectivity index (χ0) is 38.2. The topological polar surface area (TPSA) is 143 Å². The summed E-state index contributed by atoms with van der Waals surface area (Å²) in [5, 5.41) is 2.89. The van der Waals surface area contributed by atoms with Crippen molar-refractivity contribution >= 4 is 35.6 Å². The third-order valence-corrected chi connectivity index (χ3v) is 10.2. The summed E-state index contributed by atoms with van der Waals surface area (Å²) in [7, 11) is 3.04. The Morgan fingerprint density at radius 1 is 0.804 bits per heavy atom. The van der Waals surface area contributed by atoms with E-state index in [1.807, 2.05) is 51.1 Å². The Morgan fingerprint density at radius 2 is 1.45 bits per heavy atom. The lowest BCUT2D eigenvalue weighted by Crippen LogP contribution is -2.57. The predicted octanol–water partition coefficient (Wildman–Crippen LogP) is 3.99. The second kappa shape index (κ2) is 18.5. The number of esters is 2. The number of likely N-dealkylation sites (N-methyl/N-ethyl adjacent to an activating group) is 2. The molecule has 2 fully saturated rings. The number of fused-ring (bicyclic) bond motifs is 1. The van der Waals surface area contributed by atoms with Crippen molar-refractivity contribution in [3.8, 4) is 0 Å². The van der Waals surface area contributed by atoms with E-state index in [-0.39, 0.29) is 24.8 Å². The van der Waals surface area contributed by atoms with E-state index in [0.717, 1.165) is 12.0 Å². The molecule has 51 heavy (non-hydrogen) atoms. The van der Waals surface area contributed by atoms with E-state index in [1.165, 1.54) is 28.8 Å². The van der Waals surface area contributed by atoms with Crippen LogP contribution in [0.3, 0.4) is 0 Å². The molecule has 1 aromatic rings. The predicted molar refractivity (Wildman–Crippen MR) is 193 cm³/mol. The summed E-state index contributed by atoms with van der Waals surface area (Å²) < 4.78 is 12.1. The second-order valence-corrected chi connectivity index (χ2v) is 15.2. The molecule has 2 aliphatic heterocycles. The fraction of sp³-hybridized carbons (Fsp3) is 0.692. The van der Waals surface area contributed by atoms with Gasteiger partial charge in [0.05, 0.1) is 5.92 Å². The maximum absolute atomic E-state index is 14.2. The number of nitrogens with zero attached hydrogens (tertiary/aromatic N) is 3. The van der Waals surface area contributed by atoms with Crippen molar-refractivity contribution in [1.82, 2.24) is 20.0 Å². The highest BCUT2D eigenvalue weighted by molar-refractivity contribution is 5.95. The Bertz CT molecular complexity index is 1380. The molecule has 12 nitrogen and oxygen atoms in total. The van der Waals surface area contributed by atoms with Gasteiger partial charge < -0.3 is 29.5 Å². The zero-order valence-corrected chi connectivity index (χ0v) is 32.2. The van der Waals surface area contributed by atoms with Crippen LogP contribution in [0, 0.1) is 23.7 Å². The van der Waals surface area contributed by atoms with Crippen molar-refractivity contribution in [2.45, 2.75) is 130 Å². The highest BCUT2D eigenvalue weighted by atomic mass is 16.6. The molecular weight excluding hydrogens is 652 g/mol. The van der Waals surface area contributed by atoms with Gasteiger partial charge in [-0.1, -0.05) is 98.6 Å². The van der Waals surface area contributed by atoms with Crippen LogP contribution in [0.4, 0.5) is 0 Å². The summed E-state index contributed by atoms with van der Waals surface area (Å²) in [6.07, 6.45) is 0.896. The highest BCUT2D eigenvalue weighted by Gasteiger charge is 2.45. The lowest BCUT2D eigenvalue weighted by molar-refractivity contribution is -0.171. The Hall–Kier alpha value is -3.96. The molecule has 2 saturated heterocycles. The molecule has 3 rings (SSSR count). The van der Waals surface area contributed by atoms with Gasteiger partial charge in [0.15, 0.2) is 6.10 Å². The Balaban J connectivity index is 2.16. The van der Waals surface area contributed by atoms with Crippen LogP contribution in [-0.4, -0.2) is 107 Å². The van der Waals surface area contributed by atoms with Crippen molar-refractivity contribution in [1.29, 1.82) is 0 Å². The number of nitrogens with one attached hydrogen (secondary N) is 1. The van der Waals surface area contributed by atoms with Crippen LogP contribution in [0.2, 0.25) is 0 Å². The minimum Gasteiger partial charge on any atom is -0.460 e. The maximum Gasteiger partial charge on any atom is 0.329 e. The average Bonchev–Trinajstić information content (AvgIpc) is 3.58. The molecule has 1 aromatic carbocycles. The number of hydrogen-bond acceptors (Lipinski definition) is 8. The molecular formula is C39H60N4O8. The average molecular weight is 713 g/mol. The van der Waals surface area contributed by atoms with Crippen LogP contribution < -0.4 is 5.32 Å². The lowest BCUT2D eigenvalue weighted by atomic mass is 9.95. The molecule has 0 aliphatic carbocycles. The van der Waals surface area contributed by atoms with E-state index in [2.05, 4.69) is 5.32 Å². The van der Waals surface area contributed by atoms with Crippen LogP contribution in [0.1, 0.15) is 93.1 Å². The van der Waals surface area contributed by atoms with E-state index in [4.69, 9.17) is 9.47 Å². The first-order valence-corrected chi connectivity index (χ1v) is 18.6. The SMILES string of the molecule is CCCC[C@H]1OC(=O)[C@H](C(C)C)N(C)C(=O)[C@@H]2CCCN2C(=O)[C@H](C(C)C)OC(=O)[C@H](Cc2ccccc2)N(C)C(=O)[C@H](C(C)C)NC(=O)[C@@H]1C. The minimum absolute atomic E-state index is 0.108. The number of hydrogen-bond donors (Lipinski definition) is 1. The number of ether oxygens (including phenoxy) is 2. The largest absolute Gasteiger partial charge is 0.460 e. The molecule has 0 saturated carbocycles. The van der Waals surface area contributed by atoms with Gasteiger partial charge in [0.25, 0.3) is 5.91 Å². The van der Waals surface area contributed by atoms with Gasteiger partial charge in [0.1, 0.15) is 30.3 Å². The summed E-state index contributed by atoms with van der Waals surface area (Å²) >= 11 is 0. The van der Waals surface area contributed by atoms with E-state index >= 15 is 0 Å². The molecule has 2 heterocycles. The van der Waals surface area contributed by atoms with E-state index in [1.54, 1.807) is 34.6 Å². The smallest absolute Gasteiger partial charge is 0.329 e. The van der Waals surface area contributed by atoms with Crippen molar-refractivity contribution < 1.29 is 38.2 Å². The van der Waals surface area contributed by atoms with Gasteiger partial charge in [0, 0.05) is 27.1 Å². The van der Waals surface area contributed by atoms with Gasteiger partial charge in [-0.2, -0.15) is 0 Å². The van der Waals surface area contributed by atoms with E-state index in [9.17, 15) is 28.8 Å². The van der Waals surface area contributed by atoms with Crippen LogP contribution in [0.15, 0.2) is 30.3 Å². The van der Waals surface area contributed by atoms with E-state index in [0.29, 0.717) is 25.7 Å². The minimum atomic E-state index is -1.23. The Morgan fingerprint density at radius 3 is 2.02 bits per heavy atom. The van der Waals surface area contributed by atoms with Gasteiger partial charge in [-0.05, 0) is 42.6 Å². The zero-order valence-electron chi connectivity index (χ0n) is 32.2. The first-order valence-electron chi connectivity index (χ1n) is 18.6. The number of amides is 4. The first-order chi connectivity index (χ1) is 24.0. The molecule has 4 amide bonds. The molecule has 0 spiro atoms. The Labute approximate surface area is 303 Å². The quantitative estimate of drug-likeness (QED) is 0.399. The Kier molecular flexibility index (Phi) is 15.0. The molecule has 0 bridgehead atoms. The number of cyclic esters (lactones) is 2. The normalized spacial score (nSPS) is 28.0. The van der Waals surface area contributed by atoms with Gasteiger partial charge in [-0.15, -0.1) is 0 Å². The molecule has 7 atom stereocenters. The molecule has 12 heteroatoms. The lowest BCUT2D eigenvalue weighted by Gasteiger charge is -2.36. The molecule has 284 valence electrons. The summed E-state index contributed by atoms with van der Waals surface area (Å²) in [6, 6.07) is 5.21. The summed E-state index contributed by atoms with van der Waals surface area (Å²) in [4.78, 5) is 88.6. The van der Waals surface area contributed by atoms with Crippen molar-refractivity contribution in [2.75, 3.05) is 20.6 Å². The molecule has 1 N–H and O–H groups in total. The van der Waals surface area contributed by atoms with Gasteiger partial charge in [0.2, 0.25) is 17.7 Å². The molecule has 0 unspecified atom stereocenters. The van der Waals surface area contributed by atoms with Gasteiger partial charge in [-0.3, -0.25) is 19.2 Å². The number of benzene rings is 1. The second-order valence-electron chi connectivity index (χ2n) is 15.2. The van der Waals surface area contributed by atoms with Gasteiger partial charge >= 0.3 is 11.9 Å². The maximum atomic E-state index is 14.2. The van der Waals surface area contributed by atoms with Crippen LogP contribution in [0.5, 0.6) is 0 Å². The highest BCUT2D eigenvalue weighted by Crippen LogP contribution is 2.27. The summed E-state index contributed by atoms with van der Waals surface area (Å²) in [5.41, 5.74) is 0.775. The standard InChI is InChI=1S/C39H60N4O8/c1-11-12-20-30-26(8)34(44)40-31(23(2)3)36(46)41(9)29(22-27-17-14-13-15-18-27)38(48)51-33(25(6)7)37(47)43-21-16-19-28(43)35(45)42(10)32(24(4)5)39(49)50-30/h13-15,17-18,23-26,28-33H,11-12,16,19-22H2,1-10H3,(H,40,44)/t26-,28+,29+,30-,31+,32+,33+/m1/s1. The fourth-order valence-corrected chi connectivity index (χ4v) is 6.97. The van der Waals surface area contributed by atoms with Crippen molar-refractivity contribution in [3.05, 3.63) is 35.9 Å². The van der Waals surface area contributed by atoms with Crippen molar-refractivity contribution in [2.24, 2.45) is 23.7 Å². The molecule has 0 aromatic heterocycles. The number of unbranched alkanes of at least 4 members (excludes halogenated alkanes) is 1. The number of carbonyl (C=O) groups is 6. The van der Waals surface area contributed by atoms with Gasteiger partial charge in [-0.25, -0.2) is 9.59 Å². The third kappa shape index (κ3) is 10.1. The monoisotopic (exact) mass is 712 g/mol. The number of rotatable bonds is 8. The van der Waals surface area contributed by atoms with Crippen LogP contribution in [-0.2, 0) is 44.7 Å². The van der Waals surface area contributed by atoms with E-state index < -0.39 is 83.8 Å². The summed E-state index contributed by atoms with van der Waals surface area (Å²) in [5.74, 6) is -5.26. The van der Waals surface area contributed by atoms with Crippen LogP contribution in [0.25, 0.3) is 0 Å². The third-order valence-electron chi connectivity index (χ3n) is 10.2. The first kappa shape index (κ1) is 41.5. The molecule has 2 aliphatic rings. The van der Waals surface area contributed by atoms with Crippen molar-refractivity contribution in [3.63, 3.8) is 0 Å². The van der Waals surface area contributed by atoms with Crippen LogP contribution >= 0.6 is 0 Å². The summed E-state index contributed by atoms with van der Waals surface area (Å²) in [6.45, 7) is 14.7. The fourth-order valence-electron chi connectivity index (χ4n) is 6.97. The molecule has 0 radical (unpaired) electrons. The number of carbonyl (C=O) groups excluding carboxylic acids is 6.